The minimum absolute atomic E-state index is 0.169. The van der Waals surface area contributed by atoms with Crippen LogP contribution in [0, 0.1) is 10.5 Å². The highest BCUT2D eigenvalue weighted by atomic mass is 127. The summed E-state index contributed by atoms with van der Waals surface area (Å²) in [5.41, 5.74) is 2.04. The van der Waals surface area contributed by atoms with Crippen LogP contribution in [0.25, 0.3) is 0 Å². The standard InChI is InChI=1S/C14H14IN3O2/c1-3-8-20-14(19)13-10(2)18(17-16-13)9-11-4-6-12(15)7-5-11/h3-7H,1,8-9H2,2H3. The highest BCUT2D eigenvalue weighted by Crippen LogP contribution is 2.11. The van der Waals surface area contributed by atoms with Gasteiger partial charge in [-0.25, -0.2) is 9.48 Å². The molecule has 0 radical (unpaired) electrons. The van der Waals surface area contributed by atoms with Gasteiger partial charge < -0.3 is 4.74 Å². The second kappa shape index (κ2) is 6.65. The van der Waals surface area contributed by atoms with Crippen LogP contribution in [-0.2, 0) is 11.3 Å². The maximum atomic E-state index is 11.7. The van der Waals surface area contributed by atoms with Crippen LogP contribution in [0.2, 0.25) is 0 Å². The van der Waals surface area contributed by atoms with Gasteiger partial charge in [0.1, 0.15) is 6.61 Å². The fourth-order valence-corrected chi connectivity index (χ4v) is 2.02. The predicted molar refractivity (Wildman–Crippen MR) is 83.5 cm³/mol. The normalized spacial score (nSPS) is 10.3. The molecule has 1 aromatic heterocycles. The Morgan fingerprint density at radius 1 is 1.45 bits per heavy atom. The lowest BCUT2D eigenvalue weighted by atomic mass is 10.2. The molecule has 0 fully saturated rings. The van der Waals surface area contributed by atoms with E-state index in [1.54, 1.807) is 11.6 Å². The summed E-state index contributed by atoms with van der Waals surface area (Å²) in [4.78, 5) is 11.7. The molecule has 0 aliphatic heterocycles. The molecule has 0 aliphatic rings. The zero-order chi connectivity index (χ0) is 14.5. The molecule has 104 valence electrons. The number of ether oxygens (including phenoxy) is 1. The minimum atomic E-state index is -0.476. The first kappa shape index (κ1) is 14.7. The van der Waals surface area contributed by atoms with E-state index in [9.17, 15) is 4.79 Å². The molecule has 0 spiro atoms. The van der Waals surface area contributed by atoms with Crippen molar-refractivity contribution in [3.8, 4) is 0 Å². The van der Waals surface area contributed by atoms with E-state index in [4.69, 9.17) is 4.74 Å². The van der Waals surface area contributed by atoms with E-state index in [0.717, 1.165) is 5.56 Å². The predicted octanol–water partition coefficient (Wildman–Crippen LogP) is 2.58. The van der Waals surface area contributed by atoms with E-state index in [1.807, 2.05) is 24.3 Å². The Bertz CT molecular complexity index is 620. The third kappa shape index (κ3) is 3.44. The van der Waals surface area contributed by atoms with Gasteiger partial charge >= 0.3 is 5.97 Å². The molecule has 0 bridgehead atoms. The molecule has 6 heteroatoms. The molecule has 2 rings (SSSR count). The molecule has 5 nitrogen and oxygen atoms in total. The van der Waals surface area contributed by atoms with E-state index in [2.05, 4.69) is 39.5 Å². The fourth-order valence-electron chi connectivity index (χ4n) is 1.66. The number of hydrogen-bond acceptors (Lipinski definition) is 4. The lowest BCUT2D eigenvalue weighted by Gasteiger charge is -2.04. The number of benzene rings is 1. The Morgan fingerprint density at radius 3 is 2.80 bits per heavy atom. The van der Waals surface area contributed by atoms with Crippen LogP contribution in [0.3, 0.4) is 0 Å². The quantitative estimate of drug-likeness (QED) is 0.453. The molecular formula is C14H14IN3O2. The zero-order valence-corrected chi connectivity index (χ0v) is 13.2. The van der Waals surface area contributed by atoms with Crippen molar-refractivity contribution in [2.75, 3.05) is 6.61 Å². The van der Waals surface area contributed by atoms with Crippen LogP contribution in [0.5, 0.6) is 0 Å². The van der Waals surface area contributed by atoms with Crippen LogP contribution >= 0.6 is 22.6 Å². The van der Waals surface area contributed by atoms with Crippen molar-refractivity contribution in [3.63, 3.8) is 0 Å². The molecule has 0 atom stereocenters. The number of hydrogen-bond donors (Lipinski definition) is 0. The summed E-state index contributed by atoms with van der Waals surface area (Å²) in [6, 6.07) is 8.11. The molecule has 0 unspecified atom stereocenters. The second-order valence-corrected chi connectivity index (χ2v) is 5.44. The van der Waals surface area contributed by atoms with E-state index < -0.39 is 5.97 Å². The molecule has 0 amide bonds. The van der Waals surface area contributed by atoms with Crippen molar-refractivity contribution in [2.45, 2.75) is 13.5 Å². The SMILES string of the molecule is C=CCOC(=O)c1nnn(Cc2ccc(I)cc2)c1C. The van der Waals surface area contributed by atoms with Crippen LogP contribution in [0.1, 0.15) is 21.7 Å². The first-order chi connectivity index (χ1) is 9.61. The number of halogens is 1. The summed E-state index contributed by atoms with van der Waals surface area (Å²) in [5, 5.41) is 7.89. The van der Waals surface area contributed by atoms with Gasteiger partial charge in [-0.05, 0) is 47.2 Å². The topological polar surface area (TPSA) is 57.0 Å². The Labute approximate surface area is 130 Å². The number of nitrogens with zero attached hydrogens (tertiary/aromatic N) is 3. The summed E-state index contributed by atoms with van der Waals surface area (Å²) < 4.78 is 7.83. The highest BCUT2D eigenvalue weighted by Gasteiger charge is 2.17. The molecule has 0 saturated heterocycles. The van der Waals surface area contributed by atoms with Crippen LogP contribution in [0.4, 0.5) is 0 Å². The Balaban J connectivity index is 2.14. The van der Waals surface area contributed by atoms with Crippen molar-refractivity contribution in [1.82, 2.24) is 15.0 Å². The number of aromatic nitrogens is 3. The minimum Gasteiger partial charge on any atom is -0.457 e. The molecule has 0 N–H and O–H groups in total. The van der Waals surface area contributed by atoms with Crippen molar-refractivity contribution in [1.29, 1.82) is 0 Å². The van der Waals surface area contributed by atoms with Crippen LogP contribution in [0.15, 0.2) is 36.9 Å². The number of carbonyl (C=O) groups excluding carboxylic acids is 1. The average Bonchev–Trinajstić information content (AvgIpc) is 2.80. The van der Waals surface area contributed by atoms with Gasteiger partial charge in [-0.2, -0.15) is 0 Å². The van der Waals surface area contributed by atoms with Gasteiger partial charge in [-0.1, -0.05) is 30.0 Å². The van der Waals surface area contributed by atoms with Crippen molar-refractivity contribution in [3.05, 3.63) is 57.4 Å². The number of esters is 1. The Hall–Kier alpha value is -1.70. The molecule has 2 aromatic rings. The molecule has 20 heavy (non-hydrogen) atoms. The Morgan fingerprint density at radius 2 is 2.15 bits per heavy atom. The third-order valence-electron chi connectivity index (χ3n) is 2.75. The van der Waals surface area contributed by atoms with Crippen molar-refractivity contribution < 1.29 is 9.53 Å². The number of carbonyl (C=O) groups is 1. The van der Waals surface area contributed by atoms with E-state index in [-0.39, 0.29) is 12.3 Å². The Kier molecular flexibility index (Phi) is 4.89. The summed E-state index contributed by atoms with van der Waals surface area (Å²) >= 11 is 2.26. The lowest BCUT2D eigenvalue weighted by molar-refractivity contribution is 0.0542. The van der Waals surface area contributed by atoms with Gasteiger partial charge in [0.2, 0.25) is 0 Å². The molecule has 0 aliphatic carbocycles. The number of rotatable bonds is 5. The first-order valence-corrected chi connectivity index (χ1v) is 7.12. The van der Waals surface area contributed by atoms with Gasteiger partial charge in [0.15, 0.2) is 5.69 Å². The van der Waals surface area contributed by atoms with Crippen LogP contribution in [-0.4, -0.2) is 27.6 Å². The molecule has 0 saturated carbocycles. The van der Waals surface area contributed by atoms with E-state index in [0.29, 0.717) is 12.2 Å². The van der Waals surface area contributed by atoms with E-state index in [1.165, 1.54) is 9.65 Å². The van der Waals surface area contributed by atoms with Crippen molar-refractivity contribution in [2.24, 2.45) is 0 Å². The maximum Gasteiger partial charge on any atom is 0.361 e. The third-order valence-corrected chi connectivity index (χ3v) is 3.47. The summed E-state index contributed by atoms with van der Waals surface area (Å²) in [6.07, 6.45) is 1.52. The van der Waals surface area contributed by atoms with Gasteiger partial charge in [0.05, 0.1) is 12.2 Å². The molecule has 1 heterocycles. The summed E-state index contributed by atoms with van der Waals surface area (Å²) in [6.45, 7) is 6.04. The fraction of sp³-hybridized carbons (Fsp3) is 0.214. The average molecular weight is 383 g/mol. The van der Waals surface area contributed by atoms with Gasteiger partial charge in [0, 0.05) is 3.57 Å². The second-order valence-electron chi connectivity index (χ2n) is 4.19. The largest absolute Gasteiger partial charge is 0.457 e. The van der Waals surface area contributed by atoms with E-state index >= 15 is 0 Å². The first-order valence-electron chi connectivity index (χ1n) is 6.04. The van der Waals surface area contributed by atoms with Gasteiger partial charge in [0.25, 0.3) is 0 Å². The molecular weight excluding hydrogens is 369 g/mol. The highest BCUT2D eigenvalue weighted by molar-refractivity contribution is 14.1. The van der Waals surface area contributed by atoms with Crippen molar-refractivity contribution >= 4 is 28.6 Å². The smallest absolute Gasteiger partial charge is 0.361 e. The molecule has 1 aromatic carbocycles. The maximum absolute atomic E-state index is 11.7. The van der Waals surface area contributed by atoms with Gasteiger partial charge in [-0.3, -0.25) is 0 Å². The zero-order valence-electron chi connectivity index (χ0n) is 11.0. The monoisotopic (exact) mass is 383 g/mol. The summed E-state index contributed by atoms with van der Waals surface area (Å²) in [7, 11) is 0. The lowest BCUT2D eigenvalue weighted by Crippen LogP contribution is -2.09. The van der Waals surface area contributed by atoms with Crippen LogP contribution < -0.4 is 0 Å². The van der Waals surface area contributed by atoms with Gasteiger partial charge in [-0.15, -0.1) is 5.10 Å². The summed E-state index contributed by atoms with van der Waals surface area (Å²) in [5.74, 6) is -0.476.